The second kappa shape index (κ2) is 11.2. The predicted molar refractivity (Wildman–Crippen MR) is 133 cm³/mol. The Morgan fingerprint density at radius 3 is 2.26 bits per heavy atom. The minimum absolute atomic E-state index is 0.00319. The lowest BCUT2D eigenvalue weighted by Gasteiger charge is -2.16. The largest absolute Gasteiger partial charge is 0.480 e. The topological polar surface area (TPSA) is 130 Å². The van der Waals surface area contributed by atoms with E-state index in [1.54, 1.807) is 37.4 Å². The van der Waals surface area contributed by atoms with Crippen LogP contribution >= 0.6 is 23.2 Å². The van der Waals surface area contributed by atoms with Crippen LogP contribution in [0, 0.1) is 0 Å². The highest BCUT2D eigenvalue weighted by atomic mass is 35.5. The van der Waals surface area contributed by atoms with Gasteiger partial charge in [0, 0.05) is 13.5 Å². The predicted octanol–water partition coefficient (Wildman–Crippen LogP) is 3.27. The molecule has 0 fully saturated rings. The number of aliphatic carboxylic acids is 1. The number of nitrogens with one attached hydrogen (secondary N) is 2. The number of anilines is 1. The zero-order chi connectivity index (χ0) is 25.7. The molecular weight excluding hydrogens is 495 g/mol. The van der Waals surface area contributed by atoms with Gasteiger partial charge in [0.2, 0.25) is 0 Å². The second-order valence-corrected chi connectivity index (χ2v) is 8.52. The molecule has 0 aliphatic rings. The molecule has 0 saturated heterocycles. The lowest BCUT2D eigenvalue weighted by Crippen LogP contribution is -2.42. The van der Waals surface area contributed by atoms with Crippen LogP contribution in [-0.2, 0) is 22.6 Å². The van der Waals surface area contributed by atoms with Crippen LogP contribution in [0.15, 0.2) is 53.5 Å². The van der Waals surface area contributed by atoms with Crippen LogP contribution < -0.4 is 16.2 Å². The van der Waals surface area contributed by atoms with Gasteiger partial charge in [0.1, 0.15) is 12.6 Å². The Morgan fingerprint density at radius 2 is 1.71 bits per heavy atom. The summed E-state index contributed by atoms with van der Waals surface area (Å²) in [6, 6.07) is 9.95. The summed E-state index contributed by atoms with van der Waals surface area (Å²) in [7, 11) is 1.65. The molecule has 1 aromatic heterocycles. The number of carbonyl (C=O) groups is 3. The number of carboxylic acids is 1. The fourth-order valence-corrected chi connectivity index (χ4v) is 4.04. The monoisotopic (exact) mass is 516 g/mol. The first kappa shape index (κ1) is 25.9. The zero-order valence-electron chi connectivity index (χ0n) is 18.8. The standard InChI is InChI=1S/C24H22Cl2N4O5/c1-13(31)12-30-23(33)20(19(27-2)11-28-30)15-8-6-14(7-9-15)10-18(24(34)35)29-22(32)21-16(25)4-3-5-17(21)26/h3-9,11,18,27H,10,12H2,1-2H3,(H,29,32)(H,34,35)/t18-/m0/s1. The molecule has 11 heteroatoms. The fraction of sp³-hybridized carbons (Fsp3) is 0.208. The van der Waals surface area contributed by atoms with Crippen LogP contribution in [0.1, 0.15) is 22.8 Å². The van der Waals surface area contributed by atoms with Gasteiger partial charge < -0.3 is 15.7 Å². The molecule has 0 spiro atoms. The van der Waals surface area contributed by atoms with Crippen LogP contribution in [0.2, 0.25) is 10.0 Å². The van der Waals surface area contributed by atoms with Crippen molar-refractivity contribution in [3.63, 3.8) is 0 Å². The molecule has 35 heavy (non-hydrogen) atoms. The highest BCUT2D eigenvalue weighted by Crippen LogP contribution is 2.25. The van der Waals surface area contributed by atoms with Gasteiger partial charge in [0.25, 0.3) is 11.5 Å². The lowest BCUT2D eigenvalue weighted by atomic mass is 10.0. The molecule has 0 saturated carbocycles. The minimum atomic E-state index is -1.25. The number of benzene rings is 2. The van der Waals surface area contributed by atoms with Gasteiger partial charge >= 0.3 is 5.97 Å². The molecule has 3 N–H and O–H groups in total. The molecular formula is C24H22Cl2N4O5. The van der Waals surface area contributed by atoms with Crippen molar-refractivity contribution in [3.05, 3.63) is 80.2 Å². The third-order valence-electron chi connectivity index (χ3n) is 5.16. The van der Waals surface area contributed by atoms with Crippen molar-refractivity contribution in [1.29, 1.82) is 0 Å². The normalized spacial score (nSPS) is 11.5. The molecule has 2 aromatic carbocycles. The maximum absolute atomic E-state index is 12.9. The summed E-state index contributed by atoms with van der Waals surface area (Å²) >= 11 is 12.1. The number of hydrogen-bond acceptors (Lipinski definition) is 6. The molecule has 0 bridgehead atoms. The molecule has 0 aliphatic heterocycles. The molecule has 0 radical (unpaired) electrons. The quantitative estimate of drug-likeness (QED) is 0.397. The van der Waals surface area contributed by atoms with Crippen LogP contribution in [0.4, 0.5) is 5.69 Å². The van der Waals surface area contributed by atoms with E-state index in [0.717, 1.165) is 4.68 Å². The molecule has 9 nitrogen and oxygen atoms in total. The lowest BCUT2D eigenvalue weighted by molar-refractivity contribution is -0.139. The van der Waals surface area contributed by atoms with E-state index in [0.29, 0.717) is 22.4 Å². The van der Waals surface area contributed by atoms with E-state index in [1.165, 1.54) is 25.3 Å². The average Bonchev–Trinajstić information content (AvgIpc) is 2.80. The van der Waals surface area contributed by atoms with E-state index in [1.807, 2.05) is 0 Å². The van der Waals surface area contributed by atoms with Crippen LogP contribution in [0.25, 0.3) is 11.1 Å². The van der Waals surface area contributed by atoms with Gasteiger partial charge in [-0.1, -0.05) is 53.5 Å². The summed E-state index contributed by atoms with van der Waals surface area (Å²) in [6.07, 6.45) is 1.44. The Morgan fingerprint density at radius 1 is 1.09 bits per heavy atom. The van der Waals surface area contributed by atoms with Crippen molar-refractivity contribution in [2.24, 2.45) is 0 Å². The van der Waals surface area contributed by atoms with E-state index in [9.17, 15) is 24.3 Å². The number of amides is 1. The third-order valence-corrected chi connectivity index (χ3v) is 5.79. The highest BCUT2D eigenvalue weighted by molar-refractivity contribution is 6.39. The van der Waals surface area contributed by atoms with Gasteiger partial charge in [-0.05, 0) is 30.2 Å². The summed E-state index contributed by atoms with van der Waals surface area (Å²) in [5.74, 6) is -2.15. The van der Waals surface area contributed by atoms with Crippen molar-refractivity contribution < 1.29 is 19.5 Å². The Hall–Kier alpha value is -3.69. The van der Waals surface area contributed by atoms with Gasteiger partial charge in [0.15, 0.2) is 5.78 Å². The molecule has 1 atom stereocenters. The fourth-order valence-electron chi connectivity index (χ4n) is 3.47. The first-order valence-corrected chi connectivity index (χ1v) is 11.2. The summed E-state index contributed by atoms with van der Waals surface area (Å²) in [6.45, 7) is 1.22. The molecule has 3 aromatic rings. The smallest absolute Gasteiger partial charge is 0.326 e. The van der Waals surface area contributed by atoms with Crippen molar-refractivity contribution in [2.75, 3.05) is 12.4 Å². The van der Waals surface area contributed by atoms with Gasteiger partial charge in [-0.2, -0.15) is 5.10 Å². The van der Waals surface area contributed by atoms with E-state index in [-0.39, 0.29) is 34.4 Å². The molecule has 0 unspecified atom stereocenters. The summed E-state index contributed by atoms with van der Waals surface area (Å²) in [5.41, 5.74) is 1.53. The van der Waals surface area contributed by atoms with Gasteiger partial charge in [-0.15, -0.1) is 0 Å². The van der Waals surface area contributed by atoms with Crippen LogP contribution in [0.3, 0.4) is 0 Å². The van der Waals surface area contributed by atoms with Crippen molar-refractivity contribution in [2.45, 2.75) is 25.9 Å². The first-order valence-electron chi connectivity index (χ1n) is 10.5. The second-order valence-electron chi connectivity index (χ2n) is 7.71. The number of nitrogens with zero attached hydrogens (tertiary/aromatic N) is 2. The van der Waals surface area contributed by atoms with Gasteiger partial charge in [-0.25, -0.2) is 9.48 Å². The third kappa shape index (κ3) is 6.06. The molecule has 3 rings (SSSR count). The van der Waals surface area contributed by atoms with E-state index in [4.69, 9.17) is 23.2 Å². The number of hydrogen-bond donors (Lipinski definition) is 3. The number of rotatable bonds is 9. The SMILES string of the molecule is CNc1cnn(CC(C)=O)c(=O)c1-c1ccc(C[C@H](NC(=O)c2c(Cl)cccc2Cl)C(=O)O)cc1. The molecule has 1 amide bonds. The maximum atomic E-state index is 12.9. The highest BCUT2D eigenvalue weighted by Gasteiger charge is 2.24. The number of aromatic nitrogens is 2. The Kier molecular flexibility index (Phi) is 8.26. The zero-order valence-corrected chi connectivity index (χ0v) is 20.4. The molecule has 182 valence electrons. The number of Topliss-reactive ketones (excluding diaryl/α,β-unsaturated/α-hetero) is 1. The van der Waals surface area contributed by atoms with E-state index >= 15 is 0 Å². The Labute approximate surface area is 210 Å². The number of carbonyl (C=O) groups excluding carboxylic acids is 2. The first-order chi connectivity index (χ1) is 16.6. The summed E-state index contributed by atoms with van der Waals surface area (Å²) < 4.78 is 1.09. The number of halogens is 2. The Balaban J connectivity index is 1.85. The van der Waals surface area contributed by atoms with Crippen molar-refractivity contribution >= 4 is 46.5 Å². The van der Waals surface area contributed by atoms with Crippen molar-refractivity contribution in [1.82, 2.24) is 15.1 Å². The Bertz CT molecular complexity index is 1320. The maximum Gasteiger partial charge on any atom is 0.326 e. The molecule has 0 aliphatic carbocycles. The number of ketones is 1. The van der Waals surface area contributed by atoms with Gasteiger partial charge in [-0.3, -0.25) is 14.4 Å². The van der Waals surface area contributed by atoms with E-state index < -0.39 is 23.5 Å². The van der Waals surface area contributed by atoms with E-state index in [2.05, 4.69) is 15.7 Å². The van der Waals surface area contributed by atoms with Gasteiger partial charge in [0.05, 0.1) is 33.1 Å². The van der Waals surface area contributed by atoms with Crippen LogP contribution in [-0.4, -0.2) is 45.6 Å². The van der Waals surface area contributed by atoms with Crippen LogP contribution in [0.5, 0.6) is 0 Å². The molecule has 1 heterocycles. The minimum Gasteiger partial charge on any atom is -0.480 e. The summed E-state index contributed by atoms with van der Waals surface area (Å²) in [5, 5.41) is 19.2. The number of carboxylic acid groups (broad SMARTS) is 1. The summed E-state index contributed by atoms with van der Waals surface area (Å²) in [4.78, 5) is 48.8. The average molecular weight is 517 g/mol. The van der Waals surface area contributed by atoms with Crippen molar-refractivity contribution in [3.8, 4) is 11.1 Å².